The maximum Gasteiger partial charge on any atom is 0.243 e. The Kier molecular flexibility index (Phi) is 4.26. The quantitative estimate of drug-likeness (QED) is 0.665. The molecule has 0 aliphatic carbocycles. The van der Waals surface area contributed by atoms with Crippen molar-refractivity contribution >= 4 is 26.8 Å². The van der Waals surface area contributed by atoms with E-state index in [-0.39, 0.29) is 17.2 Å². The number of carbonyl (C=O) groups is 1. The molecule has 2 aromatic carbocycles. The summed E-state index contributed by atoms with van der Waals surface area (Å²) in [6.07, 6.45) is 0. The van der Waals surface area contributed by atoms with Crippen molar-refractivity contribution in [3.63, 3.8) is 0 Å². The number of nitrogens with zero attached hydrogens (tertiary/aromatic N) is 1. The van der Waals surface area contributed by atoms with Gasteiger partial charge in [0, 0.05) is 18.0 Å². The Balaban J connectivity index is 1.84. The number of Topliss-reactive ketones (excluding diaryl/α,β-unsaturated/α-hetero) is 1. The number of benzene rings is 2. The highest BCUT2D eigenvalue weighted by Gasteiger charge is 2.22. The van der Waals surface area contributed by atoms with Crippen LogP contribution in [-0.2, 0) is 16.6 Å². The van der Waals surface area contributed by atoms with Gasteiger partial charge in [-0.15, -0.1) is 0 Å². The fourth-order valence-electron chi connectivity index (χ4n) is 2.46. The molecule has 1 heterocycles. The average Bonchev–Trinajstić information content (AvgIpc) is 2.97. The largest absolute Gasteiger partial charge is 0.460 e. The van der Waals surface area contributed by atoms with Crippen LogP contribution < -0.4 is 0 Å². The van der Waals surface area contributed by atoms with Gasteiger partial charge in [-0.25, -0.2) is 8.42 Å². The first-order valence-electron chi connectivity index (χ1n) is 7.43. The van der Waals surface area contributed by atoms with Crippen LogP contribution in [0.1, 0.15) is 23.0 Å². The minimum atomic E-state index is -3.66. The van der Waals surface area contributed by atoms with Gasteiger partial charge in [-0.3, -0.25) is 4.79 Å². The Morgan fingerprint density at radius 1 is 1.08 bits per heavy atom. The predicted octanol–water partition coefficient (Wildman–Crippen LogP) is 3.46. The molecule has 6 heteroatoms. The van der Waals surface area contributed by atoms with E-state index in [4.69, 9.17) is 4.42 Å². The molecule has 0 fully saturated rings. The highest BCUT2D eigenvalue weighted by atomic mass is 32.2. The number of fused-ring (bicyclic) bond motifs is 1. The normalized spacial score (nSPS) is 12.0. The molecule has 124 valence electrons. The van der Waals surface area contributed by atoms with E-state index in [9.17, 15) is 13.2 Å². The molecule has 0 bridgehead atoms. The lowest BCUT2D eigenvalue weighted by Gasteiger charge is -2.16. The van der Waals surface area contributed by atoms with Crippen LogP contribution in [0.25, 0.3) is 11.0 Å². The van der Waals surface area contributed by atoms with Crippen LogP contribution in [0.15, 0.2) is 63.9 Å². The van der Waals surface area contributed by atoms with E-state index in [1.54, 1.807) is 0 Å². The van der Waals surface area contributed by atoms with Gasteiger partial charge in [-0.1, -0.05) is 30.3 Å². The van der Waals surface area contributed by atoms with E-state index in [2.05, 4.69) is 0 Å². The van der Waals surface area contributed by atoms with Gasteiger partial charge in [0.1, 0.15) is 11.3 Å². The average molecular weight is 343 g/mol. The topological polar surface area (TPSA) is 67.6 Å². The fraction of sp³-hybridized carbons (Fsp3) is 0.167. The van der Waals surface area contributed by atoms with E-state index in [0.29, 0.717) is 11.3 Å². The van der Waals surface area contributed by atoms with Crippen molar-refractivity contribution in [3.8, 4) is 0 Å². The molecule has 0 N–H and O–H groups in total. The van der Waals surface area contributed by atoms with Crippen molar-refractivity contribution in [2.45, 2.75) is 18.4 Å². The fourth-order valence-corrected chi connectivity index (χ4v) is 3.60. The second-order valence-electron chi connectivity index (χ2n) is 5.59. The zero-order valence-corrected chi connectivity index (χ0v) is 14.2. The van der Waals surface area contributed by atoms with Crippen molar-refractivity contribution < 1.29 is 17.6 Å². The van der Waals surface area contributed by atoms with Crippen LogP contribution in [0.2, 0.25) is 0 Å². The summed E-state index contributed by atoms with van der Waals surface area (Å²) >= 11 is 0. The molecule has 0 aliphatic rings. The summed E-state index contributed by atoms with van der Waals surface area (Å²) in [4.78, 5) is 11.4. The number of carbonyl (C=O) groups excluding carboxylic acids is 1. The summed E-state index contributed by atoms with van der Waals surface area (Å²) in [6.45, 7) is 1.57. The highest BCUT2D eigenvalue weighted by Crippen LogP contribution is 2.22. The number of sulfonamides is 1. The molecule has 1 aromatic heterocycles. The number of rotatable bonds is 5. The van der Waals surface area contributed by atoms with Gasteiger partial charge < -0.3 is 4.42 Å². The van der Waals surface area contributed by atoms with E-state index in [1.165, 1.54) is 42.5 Å². The SMILES string of the molecule is CC(=O)c1ccc(S(=O)(=O)N(C)Cc2cc3ccccc3o2)cc1. The van der Waals surface area contributed by atoms with Gasteiger partial charge in [0.15, 0.2) is 5.78 Å². The Morgan fingerprint density at radius 3 is 2.38 bits per heavy atom. The first-order valence-corrected chi connectivity index (χ1v) is 8.87. The molecule has 0 saturated heterocycles. The zero-order chi connectivity index (χ0) is 17.3. The van der Waals surface area contributed by atoms with Crippen molar-refractivity contribution in [2.75, 3.05) is 7.05 Å². The van der Waals surface area contributed by atoms with Gasteiger partial charge in [-0.2, -0.15) is 4.31 Å². The van der Waals surface area contributed by atoms with Crippen LogP contribution in [-0.4, -0.2) is 25.6 Å². The van der Waals surface area contributed by atoms with Crippen molar-refractivity contribution in [3.05, 3.63) is 65.9 Å². The monoisotopic (exact) mass is 343 g/mol. The maximum atomic E-state index is 12.6. The third kappa shape index (κ3) is 3.11. The van der Waals surface area contributed by atoms with Gasteiger partial charge in [0.2, 0.25) is 10.0 Å². The van der Waals surface area contributed by atoms with Crippen molar-refractivity contribution in [1.29, 1.82) is 0 Å². The summed E-state index contributed by atoms with van der Waals surface area (Å²) in [5.41, 5.74) is 1.21. The molecule has 24 heavy (non-hydrogen) atoms. The molecule has 3 rings (SSSR count). The standard InChI is InChI=1S/C18H17NO4S/c1-13(20)14-7-9-17(10-8-14)24(21,22)19(2)12-16-11-15-5-3-4-6-18(15)23-16/h3-11H,12H2,1-2H3. The lowest BCUT2D eigenvalue weighted by Crippen LogP contribution is -2.26. The molecule has 0 aliphatic heterocycles. The van der Waals surface area contributed by atoms with Gasteiger partial charge >= 0.3 is 0 Å². The van der Waals surface area contributed by atoms with Gasteiger partial charge in [-0.05, 0) is 31.2 Å². The number of furan rings is 1. The first kappa shape index (κ1) is 16.4. The molecule has 0 spiro atoms. The molecule has 0 amide bonds. The minimum Gasteiger partial charge on any atom is -0.460 e. The summed E-state index contributed by atoms with van der Waals surface area (Å²) in [5.74, 6) is 0.470. The highest BCUT2D eigenvalue weighted by molar-refractivity contribution is 7.89. The Labute approximate surface area is 140 Å². The number of ketones is 1. The zero-order valence-electron chi connectivity index (χ0n) is 13.4. The third-order valence-electron chi connectivity index (χ3n) is 3.82. The lowest BCUT2D eigenvalue weighted by atomic mass is 10.2. The van der Waals surface area contributed by atoms with Crippen LogP contribution in [0, 0.1) is 0 Å². The van der Waals surface area contributed by atoms with Crippen molar-refractivity contribution in [1.82, 2.24) is 4.31 Å². The second-order valence-corrected chi connectivity index (χ2v) is 7.64. The van der Waals surface area contributed by atoms with E-state index in [1.807, 2.05) is 30.3 Å². The van der Waals surface area contributed by atoms with Crippen LogP contribution in [0.4, 0.5) is 0 Å². The first-order chi connectivity index (χ1) is 11.4. The second kappa shape index (κ2) is 6.22. The Bertz CT molecular complexity index is 954. The Hall–Kier alpha value is -2.44. The maximum absolute atomic E-state index is 12.6. The smallest absolute Gasteiger partial charge is 0.243 e. The van der Waals surface area contributed by atoms with Gasteiger partial charge in [0.25, 0.3) is 0 Å². The van der Waals surface area contributed by atoms with E-state index >= 15 is 0 Å². The summed E-state index contributed by atoms with van der Waals surface area (Å²) in [5, 5.41) is 0.934. The van der Waals surface area contributed by atoms with Crippen molar-refractivity contribution in [2.24, 2.45) is 0 Å². The molecular weight excluding hydrogens is 326 g/mol. The Morgan fingerprint density at radius 2 is 1.75 bits per heavy atom. The van der Waals surface area contributed by atoms with Gasteiger partial charge in [0.05, 0.1) is 11.4 Å². The molecule has 0 unspecified atom stereocenters. The molecule has 0 atom stereocenters. The predicted molar refractivity (Wildman–Crippen MR) is 91.3 cm³/mol. The summed E-state index contributed by atoms with van der Waals surface area (Å²) < 4.78 is 32.2. The van der Waals surface area contributed by atoms with Crippen LogP contribution in [0.5, 0.6) is 0 Å². The molecule has 0 saturated carbocycles. The number of hydrogen-bond acceptors (Lipinski definition) is 4. The summed E-state index contributed by atoms with van der Waals surface area (Å²) in [7, 11) is -2.15. The third-order valence-corrected chi connectivity index (χ3v) is 5.64. The summed E-state index contributed by atoms with van der Waals surface area (Å²) in [6, 6.07) is 15.3. The molecule has 5 nitrogen and oxygen atoms in total. The number of para-hydroxylation sites is 1. The van der Waals surface area contributed by atoms with Crippen LogP contribution in [0.3, 0.4) is 0 Å². The molecule has 0 radical (unpaired) electrons. The van der Waals surface area contributed by atoms with E-state index < -0.39 is 10.0 Å². The lowest BCUT2D eigenvalue weighted by molar-refractivity contribution is 0.101. The molecule has 3 aromatic rings. The van der Waals surface area contributed by atoms with Crippen LogP contribution >= 0.6 is 0 Å². The van der Waals surface area contributed by atoms with E-state index in [0.717, 1.165) is 11.0 Å². The molecular formula is C18H17NO4S. The number of hydrogen-bond donors (Lipinski definition) is 0. The minimum absolute atomic E-state index is 0.102.